The largest absolute Gasteiger partial charge is 0.379 e. The summed E-state index contributed by atoms with van der Waals surface area (Å²) in [5.41, 5.74) is 5.78. The summed E-state index contributed by atoms with van der Waals surface area (Å²) >= 11 is 1.74. The fraction of sp³-hybridized carbons (Fsp3) is 0.304. The standard InChI is InChI=1S/C23H25FN2OS/c1-17-19(16-25-11-13-27-14-12-25)15-23(18-3-9-22(28-2)10-4-18)26(17)21-7-5-20(24)6-8-21/h3-10,15H,11-14,16H2,1-2H3. The van der Waals surface area contributed by atoms with Gasteiger partial charge in [0.15, 0.2) is 0 Å². The summed E-state index contributed by atoms with van der Waals surface area (Å²) in [6.07, 6.45) is 2.08. The molecule has 1 aliphatic heterocycles. The van der Waals surface area contributed by atoms with Crippen molar-refractivity contribution in [2.75, 3.05) is 32.6 Å². The van der Waals surface area contributed by atoms with Crippen LogP contribution < -0.4 is 0 Å². The number of nitrogens with zero attached hydrogens (tertiary/aromatic N) is 2. The summed E-state index contributed by atoms with van der Waals surface area (Å²) in [5.74, 6) is -0.215. The highest BCUT2D eigenvalue weighted by molar-refractivity contribution is 7.98. The molecular formula is C23H25FN2OS. The van der Waals surface area contributed by atoms with Crippen LogP contribution in [0.5, 0.6) is 0 Å². The van der Waals surface area contributed by atoms with Crippen LogP contribution in [-0.4, -0.2) is 42.0 Å². The number of hydrogen-bond acceptors (Lipinski definition) is 3. The van der Waals surface area contributed by atoms with E-state index in [1.807, 2.05) is 12.1 Å². The van der Waals surface area contributed by atoms with Gasteiger partial charge in [-0.2, -0.15) is 0 Å². The molecule has 28 heavy (non-hydrogen) atoms. The summed E-state index contributed by atoms with van der Waals surface area (Å²) in [6, 6.07) is 17.7. The van der Waals surface area contributed by atoms with Gasteiger partial charge in [0.05, 0.1) is 18.9 Å². The predicted octanol–water partition coefficient (Wildman–Crippen LogP) is 5.15. The van der Waals surface area contributed by atoms with Gasteiger partial charge in [-0.15, -0.1) is 11.8 Å². The Bertz CT molecular complexity index is 928. The molecular weight excluding hydrogens is 371 g/mol. The van der Waals surface area contributed by atoms with E-state index in [4.69, 9.17) is 4.74 Å². The number of halogens is 1. The Labute approximate surface area is 170 Å². The van der Waals surface area contributed by atoms with Crippen molar-refractivity contribution in [1.82, 2.24) is 9.47 Å². The highest BCUT2D eigenvalue weighted by Gasteiger charge is 2.18. The normalized spacial score (nSPS) is 15.1. The molecule has 146 valence electrons. The smallest absolute Gasteiger partial charge is 0.123 e. The fourth-order valence-corrected chi connectivity index (χ4v) is 4.12. The summed E-state index contributed by atoms with van der Waals surface area (Å²) in [5, 5.41) is 0. The van der Waals surface area contributed by atoms with Crippen LogP contribution in [0.2, 0.25) is 0 Å². The van der Waals surface area contributed by atoms with Crippen LogP contribution in [0.1, 0.15) is 11.3 Å². The monoisotopic (exact) mass is 396 g/mol. The minimum Gasteiger partial charge on any atom is -0.379 e. The maximum absolute atomic E-state index is 13.5. The van der Waals surface area contributed by atoms with E-state index < -0.39 is 0 Å². The van der Waals surface area contributed by atoms with Gasteiger partial charge in [0, 0.05) is 35.9 Å². The van der Waals surface area contributed by atoms with E-state index in [-0.39, 0.29) is 5.82 Å². The Morgan fingerprint density at radius 2 is 1.68 bits per heavy atom. The van der Waals surface area contributed by atoms with Gasteiger partial charge in [-0.3, -0.25) is 4.90 Å². The first kappa shape index (κ1) is 19.2. The van der Waals surface area contributed by atoms with Gasteiger partial charge in [0.1, 0.15) is 5.82 Å². The zero-order valence-corrected chi connectivity index (χ0v) is 17.1. The average Bonchev–Trinajstić information content (AvgIpc) is 3.05. The molecule has 0 N–H and O–H groups in total. The second-order valence-corrected chi connectivity index (χ2v) is 7.95. The molecule has 2 heterocycles. The molecule has 4 rings (SSSR count). The van der Waals surface area contributed by atoms with E-state index >= 15 is 0 Å². The minimum atomic E-state index is -0.215. The van der Waals surface area contributed by atoms with E-state index in [1.165, 1.54) is 33.8 Å². The van der Waals surface area contributed by atoms with Crippen molar-refractivity contribution in [2.45, 2.75) is 18.4 Å². The van der Waals surface area contributed by atoms with Crippen molar-refractivity contribution in [3.8, 4) is 16.9 Å². The van der Waals surface area contributed by atoms with E-state index in [1.54, 1.807) is 11.8 Å². The lowest BCUT2D eigenvalue weighted by molar-refractivity contribution is 0.0341. The van der Waals surface area contributed by atoms with Crippen LogP contribution in [-0.2, 0) is 11.3 Å². The molecule has 0 spiro atoms. The van der Waals surface area contributed by atoms with E-state index in [2.05, 4.69) is 53.0 Å². The van der Waals surface area contributed by atoms with E-state index in [0.717, 1.165) is 44.2 Å². The van der Waals surface area contributed by atoms with Crippen molar-refractivity contribution in [2.24, 2.45) is 0 Å². The number of thioether (sulfide) groups is 1. The maximum Gasteiger partial charge on any atom is 0.123 e. The van der Waals surface area contributed by atoms with E-state index in [0.29, 0.717) is 0 Å². The zero-order chi connectivity index (χ0) is 19.5. The van der Waals surface area contributed by atoms with E-state index in [9.17, 15) is 4.39 Å². The lowest BCUT2D eigenvalue weighted by atomic mass is 10.1. The maximum atomic E-state index is 13.5. The van der Waals surface area contributed by atoms with Crippen molar-refractivity contribution >= 4 is 11.8 Å². The molecule has 0 bridgehead atoms. The second kappa shape index (κ2) is 8.52. The van der Waals surface area contributed by atoms with Crippen LogP contribution in [0.3, 0.4) is 0 Å². The van der Waals surface area contributed by atoms with Gasteiger partial charge < -0.3 is 9.30 Å². The average molecular weight is 397 g/mol. The van der Waals surface area contributed by atoms with Crippen molar-refractivity contribution in [3.63, 3.8) is 0 Å². The van der Waals surface area contributed by atoms with Gasteiger partial charge in [0.2, 0.25) is 0 Å². The number of ether oxygens (including phenoxy) is 1. The third kappa shape index (κ3) is 4.02. The summed E-state index contributed by atoms with van der Waals surface area (Å²) < 4.78 is 21.2. The summed E-state index contributed by atoms with van der Waals surface area (Å²) in [7, 11) is 0. The molecule has 1 aromatic heterocycles. The van der Waals surface area contributed by atoms with Gasteiger partial charge in [-0.25, -0.2) is 4.39 Å². The SMILES string of the molecule is CSc1ccc(-c2cc(CN3CCOCC3)c(C)n2-c2ccc(F)cc2)cc1. The highest BCUT2D eigenvalue weighted by atomic mass is 32.2. The Balaban J connectivity index is 1.77. The molecule has 3 nitrogen and oxygen atoms in total. The molecule has 5 heteroatoms. The quantitative estimate of drug-likeness (QED) is 0.556. The number of benzene rings is 2. The van der Waals surface area contributed by atoms with Crippen LogP contribution >= 0.6 is 11.8 Å². The third-order valence-corrected chi connectivity index (χ3v) is 6.06. The summed E-state index contributed by atoms with van der Waals surface area (Å²) in [6.45, 7) is 6.55. The van der Waals surface area contributed by atoms with Crippen molar-refractivity contribution < 1.29 is 9.13 Å². The molecule has 3 aromatic rings. The van der Waals surface area contributed by atoms with Crippen LogP contribution in [0, 0.1) is 12.7 Å². The Hall–Kier alpha value is -2.08. The molecule has 0 radical (unpaired) electrons. The van der Waals surface area contributed by atoms with Crippen molar-refractivity contribution in [3.05, 3.63) is 71.7 Å². The lowest BCUT2D eigenvalue weighted by Gasteiger charge is -2.26. The zero-order valence-electron chi connectivity index (χ0n) is 16.3. The molecule has 1 fully saturated rings. The number of aromatic nitrogens is 1. The van der Waals surface area contributed by atoms with Crippen LogP contribution in [0.4, 0.5) is 4.39 Å². The Kier molecular flexibility index (Phi) is 5.85. The molecule has 1 saturated heterocycles. The lowest BCUT2D eigenvalue weighted by Crippen LogP contribution is -2.35. The summed E-state index contributed by atoms with van der Waals surface area (Å²) in [4.78, 5) is 3.68. The molecule has 0 atom stereocenters. The highest BCUT2D eigenvalue weighted by Crippen LogP contribution is 2.31. The topological polar surface area (TPSA) is 17.4 Å². The molecule has 0 unspecified atom stereocenters. The first-order valence-electron chi connectivity index (χ1n) is 9.57. The van der Waals surface area contributed by atoms with Crippen LogP contribution in [0.15, 0.2) is 59.5 Å². The molecule has 0 saturated carbocycles. The third-order valence-electron chi connectivity index (χ3n) is 5.32. The van der Waals surface area contributed by atoms with Crippen LogP contribution in [0.25, 0.3) is 16.9 Å². The molecule has 0 aliphatic carbocycles. The van der Waals surface area contributed by atoms with Crippen molar-refractivity contribution in [1.29, 1.82) is 0 Å². The first-order valence-corrected chi connectivity index (χ1v) is 10.8. The second-order valence-electron chi connectivity index (χ2n) is 7.07. The Morgan fingerprint density at radius 3 is 2.32 bits per heavy atom. The predicted molar refractivity (Wildman–Crippen MR) is 114 cm³/mol. The number of hydrogen-bond donors (Lipinski definition) is 0. The van der Waals surface area contributed by atoms with Gasteiger partial charge >= 0.3 is 0 Å². The van der Waals surface area contributed by atoms with Gasteiger partial charge in [-0.05, 0) is 66.8 Å². The minimum absolute atomic E-state index is 0.215. The molecule has 1 aliphatic rings. The molecule has 0 amide bonds. The molecule has 2 aromatic carbocycles. The first-order chi connectivity index (χ1) is 13.7. The number of morpholine rings is 1. The fourth-order valence-electron chi connectivity index (χ4n) is 3.72. The number of rotatable bonds is 5. The van der Waals surface area contributed by atoms with Gasteiger partial charge in [0.25, 0.3) is 0 Å². The Morgan fingerprint density at radius 1 is 1.00 bits per heavy atom. The van der Waals surface area contributed by atoms with Gasteiger partial charge in [-0.1, -0.05) is 12.1 Å².